The van der Waals surface area contributed by atoms with Gasteiger partial charge < -0.3 is 4.42 Å². The Bertz CT molecular complexity index is 720. The van der Waals surface area contributed by atoms with E-state index in [9.17, 15) is 8.42 Å². The van der Waals surface area contributed by atoms with Gasteiger partial charge in [-0.15, -0.1) is 0 Å². The monoisotopic (exact) mass is 397 g/mol. The molecule has 0 bridgehead atoms. The van der Waals surface area contributed by atoms with Gasteiger partial charge in [0.25, 0.3) is 0 Å². The Morgan fingerprint density at radius 3 is 2.35 bits per heavy atom. The summed E-state index contributed by atoms with van der Waals surface area (Å²) in [5.41, 5.74) is 0. The summed E-state index contributed by atoms with van der Waals surface area (Å²) < 4.78 is 32.8. The number of sulfonamides is 1. The van der Waals surface area contributed by atoms with Gasteiger partial charge in [0, 0.05) is 4.47 Å². The van der Waals surface area contributed by atoms with Crippen molar-refractivity contribution in [3.8, 4) is 0 Å². The van der Waals surface area contributed by atoms with Crippen LogP contribution in [0.2, 0.25) is 10.0 Å². The quantitative estimate of drug-likeness (QED) is 0.841. The summed E-state index contributed by atoms with van der Waals surface area (Å²) in [7, 11) is -3.82. The minimum Gasteiger partial charge on any atom is -0.465 e. The van der Waals surface area contributed by atoms with Crippen molar-refractivity contribution >= 4 is 49.2 Å². The van der Waals surface area contributed by atoms with Crippen molar-refractivity contribution in [3.63, 3.8) is 0 Å². The van der Waals surface area contributed by atoms with Crippen molar-refractivity contribution in [2.45, 2.75) is 18.4 Å². The molecule has 0 amide bonds. The maximum absolute atomic E-state index is 12.2. The van der Waals surface area contributed by atoms with E-state index in [4.69, 9.17) is 27.6 Å². The fourth-order valence-electron chi connectivity index (χ4n) is 1.60. The van der Waals surface area contributed by atoms with Gasteiger partial charge in [0.2, 0.25) is 10.0 Å². The lowest BCUT2D eigenvalue weighted by molar-refractivity contribution is 0.475. The molecule has 0 unspecified atom stereocenters. The number of halogens is 3. The van der Waals surface area contributed by atoms with Gasteiger partial charge in [0.15, 0.2) is 0 Å². The standard InChI is InChI=1S/C12H10BrCl2NO3S/c1-7-2-3-9(19-7)6-16-20(17,18)12-10(14)4-8(13)5-11(12)15/h2-5,16H,6H2,1H3. The average Bonchev–Trinajstić information content (AvgIpc) is 2.71. The third-order valence-corrected chi connectivity index (χ3v) is 5.24. The molecule has 1 aromatic heterocycles. The second-order valence-electron chi connectivity index (χ2n) is 4.04. The first-order valence-electron chi connectivity index (χ1n) is 5.49. The summed E-state index contributed by atoms with van der Waals surface area (Å²) in [6.45, 7) is 1.80. The summed E-state index contributed by atoms with van der Waals surface area (Å²) >= 11 is 15.1. The molecule has 2 rings (SSSR count). The average molecular weight is 399 g/mol. The molecule has 8 heteroatoms. The van der Waals surface area contributed by atoms with Crippen LogP contribution in [0.3, 0.4) is 0 Å². The predicted molar refractivity (Wildman–Crippen MR) is 81.6 cm³/mol. The van der Waals surface area contributed by atoms with E-state index in [-0.39, 0.29) is 21.5 Å². The normalized spacial score (nSPS) is 11.8. The number of hydrogen-bond donors (Lipinski definition) is 1. The second-order valence-corrected chi connectivity index (χ2v) is 7.47. The van der Waals surface area contributed by atoms with E-state index in [1.807, 2.05) is 0 Å². The lowest BCUT2D eigenvalue weighted by Crippen LogP contribution is -2.23. The molecule has 0 saturated heterocycles. The maximum atomic E-state index is 12.2. The molecule has 0 spiro atoms. The molecular weight excluding hydrogens is 389 g/mol. The third kappa shape index (κ3) is 3.56. The van der Waals surface area contributed by atoms with Crippen LogP contribution in [0.4, 0.5) is 0 Å². The Labute approximate surface area is 135 Å². The van der Waals surface area contributed by atoms with E-state index in [0.29, 0.717) is 16.0 Å². The van der Waals surface area contributed by atoms with Gasteiger partial charge in [0.05, 0.1) is 16.6 Å². The number of nitrogens with one attached hydrogen (secondary N) is 1. The second kappa shape index (κ2) is 6.07. The molecule has 1 aromatic carbocycles. The summed E-state index contributed by atoms with van der Waals surface area (Å²) in [4.78, 5) is -0.146. The zero-order valence-corrected chi connectivity index (χ0v) is 14.2. The number of aryl methyl sites for hydroxylation is 1. The van der Waals surface area contributed by atoms with Gasteiger partial charge in [-0.3, -0.25) is 0 Å². The van der Waals surface area contributed by atoms with Crippen LogP contribution in [0, 0.1) is 6.92 Å². The molecule has 0 aliphatic heterocycles. The highest BCUT2D eigenvalue weighted by Crippen LogP contribution is 2.32. The molecule has 0 saturated carbocycles. The molecule has 0 aliphatic carbocycles. The summed E-state index contributed by atoms with van der Waals surface area (Å²) in [5, 5.41) is 0.0972. The number of benzene rings is 1. The number of rotatable bonds is 4. The molecule has 4 nitrogen and oxygen atoms in total. The number of furan rings is 1. The lowest BCUT2D eigenvalue weighted by Gasteiger charge is -2.09. The van der Waals surface area contributed by atoms with Crippen LogP contribution in [0.25, 0.3) is 0 Å². The highest BCUT2D eigenvalue weighted by atomic mass is 79.9. The van der Waals surface area contributed by atoms with Crippen molar-refractivity contribution in [3.05, 3.63) is 50.3 Å². The van der Waals surface area contributed by atoms with E-state index < -0.39 is 10.0 Å². The van der Waals surface area contributed by atoms with Crippen molar-refractivity contribution in [2.24, 2.45) is 0 Å². The SMILES string of the molecule is Cc1ccc(CNS(=O)(=O)c2c(Cl)cc(Br)cc2Cl)o1. The van der Waals surface area contributed by atoms with E-state index in [1.165, 1.54) is 12.1 Å². The molecule has 1 heterocycles. The molecule has 0 aliphatic rings. The van der Waals surface area contributed by atoms with Crippen LogP contribution in [0.1, 0.15) is 11.5 Å². The van der Waals surface area contributed by atoms with E-state index in [0.717, 1.165) is 0 Å². The molecule has 0 atom stereocenters. The highest BCUT2D eigenvalue weighted by Gasteiger charge is 2.22. The summed E-state index contributed by atoms with van der Waals surface area (Å²) in [6, 6.07) is 6.39. The largest absolute Gasteiger partial charge is 0.465 e. The maximum Gasteiger partial charge on any atom is 0.243 e. The van der Waals surface area contributed by atoms with Gasteiger partial charge in [-0.25, -0.2) is 13.1 Å². The smallest absolute Gasteiger partial charge is 0.243 e. The van der Waals surface area contributed by atoms with Crippen LogP contribution in [-0.2, 0) is 16.6 Å². The first-order valence-corrected chi connectivity index (χ1v) is 8.52. The Hall–Kier alpha value is -0.530. The fourth-order valence-corrected chi connectivity index (χ4v) is 4.53. The number of hydrogen-bond acceptors (Lipinski definition) is 3. The van der Waals surface area contributed by atoms with Gasteiger partial charge in [0.1, 0.15) is 16.4 Å². The van der Waals surface area contributed by atoms with Crippen molar-refractivity contribution in [2.75, 3.05) is 0 Å². The molecule has 20 heavy (non-hydrogen) atoms. The van der Waals surface area contributed by atoms with Crippen molar-refractivity contribution in [1.29, 1.82) is 0 Å². The summed E-state index contributed by atoms with van der Waals surface area (Å²) in [6.07, 6.45) is 0. The van der Waals surface area contributed by atoms with Crippen LogP contribution >= 0.6 is 39.1 Å². The van der Waals surface area contributed by atoms with Gasteiger partial charge in [-0.05, 0) is 31.2 Å². The van der Waals surface area contributed by atoms with Gasteiger partial charge in [-0.2, -0.15) is 0 Å². The predicted octanol–water partition coefficient (Wildman–Crippen LogP) is 4.14. The van der Waals surface area contributed by atoms with Crippen LogP contribution in [-0.4, -0.2) is 8.42 Å². The van der Waals surface area contributed by atoms with Gasteiger partial charge in [-0.1, -0.05) is 39.1 Å². The molecule has 1 N–H and O–H groups in total. The molecule has 108 valence electrons. The first-order chi connectivity index (χ1) is 9.29. The zero-order valence-electron chi connectivity index (χ0n) is 10.3. The van der Waals surface area contributed by atoms with Crippen LogP contribution in [0.5, 0.6) is 0 Å². The van der Waals surface area contributed by atoms with Crippen molar-refractivity contribution in [1.82, 2.24) is 4.72 Å². The Morgan fingerprint density at radius 1 is 1.25 bits per heavy atom. The Kier molecular flexibility index (Phi) is 4.81. The van der Waals surface area contributed by atoms with Crippen molar-refractivity contribution < 1.29 is 12.8 Å². The van der Waals surface area contributed by atoms with Crippen LogP contribution in [0.15, 0.2) is 38.1 Å². The molecule has 2 aromatic rings. The topological polar surface area (TPSA) is 59.3 Å². The minimum atomic E-state index is -3.82. The molecule has 0 radical (unpaired) electrons. The third-order valence-electron chi connectivity index (χ3n) is 2.46. The van der Waals surface area contributed by atoms with Gasteiger partial charge >= 0.3 is 0 Å². The van der Waals surface area contributed by atoms with E-state index >= 15 is 0 Å². The minimum absolute atomic E-state index is 0.0267. The Balaban J connectivity index is 2.27. The van der Waals surface area contributed by atoms with Crippen LogP contribution < -0.4 is 4.72 Å². The first kappa shape index (κ1) is 15.9. The van der Waals surface area contributed by atoms with E-state index in [1.54, 1.807) is 19.1 Å². The lowest BCUT2D eigenvalue weighted by atomic mass is 10.4. The highest BCUT2D eigenvalue weighted by molar-refractivity contribution is 9.10. The molecular formula is C12H10BrCl2NO3S. The summed E-state index contributed by atoms with van der Waals surface area (Å²) in [5.74, 6) is 1.22. The van der Waals surface area contributed by atoms with E-state index in [2.05, 4.69) is 20.7 Å². The Morgan fingerprint density at radius 2 is 1.85 bits per heavy atom. The fraction of sp³-hybridized carbons (Fsp3) is 0.167. The zero-order chi connectivity index (χ0) is 14.9. The molecule has 0 fully saturated rings.